The zero-order chi connectivity index (χ0) is 20.1. The van der Waals surface area contributed by atoms with Crippen molar-refractivity contribution in [2.75, 3.05) is 68.0 Å². The van der Waals surface area contributed by atoms with E-state index in [0.717, 1.165) is 31.9 Å². The van der Waals surface area contributed by atoms with Crippen LogP contribution in [0.2, 0.25) is 0 Å². The largest absolute Gasteiger partial charge is 0.490 e. The Morgan fingerprint density at radius 3 is 3.00 bits per heavy atom. The normalized spacial score (nSPS) is 24.6. The average molecular weight is 405 g/mol. The van der Waals surface area contributed by atoms with Gasteiger partial charge in [0, 0.05) is 51.7 Å². The fraction of sp³-hybridized carbons (Fsp3) is 0.520. The van der Waals surface area contributed by atoms with Crippen LogP contribution in [-0.4, -0.2) is 63.9 Å². The third kappa shape index (κ3) is 2.94. The van der Waals surface area contributed by atoms with Gasteiger partial charge in [0.25, 0.3) is 0 Å². The van der Waals surface area contributed by atoms with Crippen molar-refractivity contribution in [3.63, 3.8) is 0 Å². The maximum absolute atomic E-state index is 5.80. The van der Waals surface area contributed by atoms with Crippen molar-refractivity contribution in [3.8, 4) is 5.75 Å². The highest BCUT2D eigenvalue weighted by Gasteiger charge is 2.44. The molecule has 5 nitrogen and oxygen atoms in total. The lowest BCUT2D eigenvalue weighted by Gasteiger charge is -2.41. The Balaban J connectivity index is 1.13. The van der Waals surface area contributed by atoms with Crippen LogP contribution in [0.25, 0.3) is 0 Å². The van der Waals surface area contributed by atoms with Crippen molar-refractivity contribution < 1.29 is 4.74 Å². The summed E-state index contributed by atoms with van der Waals surface area (Å²) in [7, 11) is 2.24. The number of likely N-dealkylation sites (tertiary alicyclic amines) is 1. The number of nitrogens with zero attached hydrogens (tertiary/aromatic N) is 3. The van der Waals surface area contributed by atoms with Crippen molar-refractivity contribution in [1.82, 2.24) is 4.90 Å². The van der Waals surface area contributed by atoms with Gasteiger partial charge in [-0.2, -0.15) is 0 Å². The van der Waals surface area contributed by atoms with Gasteiger partial charge in [0.1, 0.15) is 12.4 Å². The summed E-state index contributed by atoms with van der Waals surface area (Å²) in [5, 5.41) is 3.54. The molecule has 158 valence electrons. The van der Waals surface area contributed by atoms with E-state index in [0.29, 0.717) is 12.0 Å². The van der Waals surface area contributed by atoms with Gasteiger partial charge in [0.15, 0.2) is 0 Å². The number of piperidine rings is 1. The van der Waals surface area contributed by atoms with Gasteiger partial charge < -0.3 is 24.8 Å². The fourth-order valence-corrected chi connectivity index (χ4v) is 6.12. The lowest BCUT2D eigenvalue weighted by molar-refractivity contribution is 0.191. The number of para-hydroxylation sites is 2. The fourth-order valence-electron chi connectivity index (χ4n) is 6.12. The molecule has 0 bridgehead atoms. The Morgan fingerprint density at radius 2 is 2.03 bits per heavy atom. The van der Waals surface area contributed by atoms with Crippen LogP contribution in [0.15, 0.2) is 36.4 Å². The van der Waals surface area contributed by atoms with Crippen molar-refractivity contribution in [1.29, 1.82) is 0 Å². The molecule has 1 N–H and O–H groups in total. The second-order valence-corrected chi connectivity index (χ2v) is 9.26. The number of aryl methyl sites for hydroxylation is 1. The predicted molar refractivity (Wildman–Crippen MR) is 123 cm³/mol. The summed E-state index contributed by atoms with van der Waals surface area (Å²) in [5.74, 6) is 1.69. The lowest BCUT2D eigenvalue weighted by atomic mass is 9.89. The minimum Gasteiger partial charge on any atom is -0.490 e. The smallest absolute Gasteiger partial charge is 0.142 e. The van der Waals surface area contributed by atoms with E-state index in [9.17, 15) is 0 Å². The number of anilines is 3. The zero-order valence-corrected chi connectivity index (χ0v) is 17.9. The van der Waals surface area contributed by atoms with Gasteiger partial charge in [0.2, 0.25) is 0 Å². The Kier molecular flexibility index (Phi) is 4.52. The number of benzene rings is 2. The van der Waals surface area contributed by atoms with Crippen molar-refractivity contribution >= 4 is 17.1 Å². The molecule has 0 amide bonds. The van der Waals surface area contributed by atoms with Gasteiger partial charge in [-0.1, -0.05) is 24.3 Å². The van der Waals surface area contributed by atoms with Crippen LogP contribution in [0.1, 0.15) is 29.9 Å². The zero-order valence-electron chi connectivity index (χ0n) is 17.9. The highest BCUT2D eigenvalue weighted by Crippen LogP contribution is 2.50. The summed E-state index contributed by atoms with van der Waals surface area (Å²) in [5.41, 5.74) is 7.18. The quantitative estimate of drug-likeness (QED) is 0.842. The van der Waals surface area contributed by atoms with Gasteiger partial charge >= 0.3 is 0 Å². The Bertz CT molecular complexity index is 945. The first-order chi connectivity index (χ1) is 14.8. The molecule has 1 saturated heterocycles. The van der Waals surface area contributed by atoms with Gasteiger partial charge in [0.05, 0.1) is 17.1 Å². The molecule has 2 aromatic rings. The third-order valence-corrected chi connectivity index (χ3v) is 7.58. The van der Waals surface area contributed by atoms with Crippen LogP contribution in [0.3, 0.4) is 0 Å². The number of likely N-dealkylation sites (N-methyl/N-ethyl adjacent to an activating group) is 1. The molecular weight excluding hydrogens is 372 g/mol. The Labute approximate surface area is 179 Å². The van der Waals surface area contributed by atoms with Gasteiger partial charge in [-0.3, -0.25) is 0 Å². The summed E-state index contributed by atoms with van der Waals surface area (Å²) in [4.78, 5) is 7.87. The van der Waals surface area contributed by atoms with E-state index in [-0.39, 0.29) is 0 Å². The molecule has 0 aromatic heterocycles. The van der Waals surface area contributed by atoms with Crippen molar-refractivity contribution in [2.24, 2.45) is 0 Å². The number of ether oxygens (including phenoxy) is 1. The second kappa shape index (κ2) is 7.38. The van der Waals surface area contributed by atoms with E-state index in [1.165, 1.54) is 61.6 Å². The summed E-state index contributed by atoms with van der Waals surface area (Å²) in [6.45, 7) is 7.61. The van der Waals surface area contributed by atoms with Gasteiger partial charge in [-0.25, -0.2) is 0 Å². The lowest BCUT2D eigenvalue weighted by Crippen LogP contribution is -2.49. The Morgan fingerprint density at radius 1 is 1.10 bits per heavy atom. The number of hydrogen-bond donors (Lipinski definition) is 1. The van der Waals surface area contributed by atoms with Crippen LogP contribution >= 0.6 is 0 Å². The molecule has 0 unspecified atom stereocenters. The highest BCUT2D eigenvalue weighted by atomic mass is 16.5. The first-order valence-electron chi connectivity index (χ1n) is 11.6. The molecule has 4 aliphatic rings. The molecule has 2 aromatic carbocycles. The average Bonchev–Trinajstić information content (AvgIpc) is 3.11. The summed E-state index contributed by atoms with van der Waals surface area (Å²) >= 11 is 0. The first-order valence-corrected chi connectivity index (χ1v) is 11.6. The van der Waals surface area contributed by atoms with Gasteiger partial charge in [-0.05, 0) is 49.1 Å². The van der Waals surface area contributed by atoms with Crippen LogP contribution in [0, 0.1) is 0 Å². The minimum atomic E-state index is 0.666. The van der Waals surface area contributed by atoms with Crippen LogP contribution in [0.5, 0.6) is 5.75 Å². The molecule has 4 aliphatic heterocycles. The van der Waals surface area contributed by atoms with Crippen LogP contribution in [-0.2, 0) is 6.42 Å². The van der Waals surface area contributed by atoms with Crippen molar-refractivity contribution in [2.45, 2.75) is 31.2 Å². The number of fused-ring (bicyclic) bond motifs is 4. The minimum absolute atomic E-state index is 0.666. The SMILES string of the molecule is CN1CCN2c3c(cccc31)[C@@H]1CN(CCCc3cccc4c3NCCO4)CC[C@@H]12. The highest BCUT2D eigenvalue weighted by molar-refractivity contribution is 5.80. The molecule has 0 saturated carbocycles. The Hall–Kier alpha value is -2.40. The van der Waals surface area contributed by atoms with E-state index >= 15 is 0 Å². The molecule has 5 heteroatoms. The van der Waals surface area contributed by atoms with E-state index in [1.54, 1.807) is 5.56 Å². The monoisotopic (exact) mass is 404 g/mol. The number of hydrogen-bond acceptors (Lipinski definition) is 5. The predicted octanol–water partition coefficient (Wildman–Crippen LogP) is 3.55. The number of nitrogens with one attached hydrogen (secondary N) is 1. The first kappa shape index (κ1) is 18.4. The topological polar surface area (TPSA) is 31.0 Å². The molecule has 0 radical (unpaired) electrons. The molecule has 0 aliphatic carbocycles. The molecule has 1 fully saturated rings. The van der Waals surface area contributed by atoms with Crippen molar-refractivity contribution in [3.05, 3.63) is 47.5 Å². The van der Waals surface area contributed by atoms with Crippen LogP contribution < -0.4 is 19.9 Å². The molecule has 4 heterocycles. The molecule has 0 spiro atoms. The van der Waals surface area contributed by atoms with E-state index in [4.69, 9.17) is 4.74 Å². The third-order valence-electron chi connectivity index (χ3n) is 7.58. The van der Waals surface area contributed by atoms with E-state index in [1.807, 2.05) is 0 Å². The molecule has 2 atom stereocenters. The maximum atomic E-state index is 5.80. The maximum Gasteiger partial charge on any atom is 0.142 e. The van der Waals surface area contributed by atoms with Gasteiger partial charge in [-0.15, -0.1) is 0 Å². The molecule has 6 rings (SSSR count). The molecule has 30 heavy (non-hydrogen) atoms. The van der Waals surface area contributed by atoms with Crippen LogP contribution in [0.4, 0.5) is 17.1 Å². The summed E-state index contributed by atoms with van der Waals surface area (Å²) in [6, 6.07) is 14.1. The second-order valence-electron chi connectivity index (χ2n) is 9.26. The summed E-state index contributed by atoms with van der Waals surface area (Å²) in [6.07, 6.45) is 3.61. The van der Waals surface area contributed by atoms with E-state index < -0.39 is 0 Å². The van der Waals surface area contributed by atoms with E-state index in [2.05, 4.69) is 63.5 Å². The number of rotatable bonds is 4. The molecular formula is C25H32N4O. The standard InChI is InChI=1S/C25H32N4O/c1-27-14-15-29-21-10-13-28(17-20(21)19-7-3-8-22(27)25(19)29)12-4-6-18-5-2-9-23-24(18)26-11-16-30-23/h2-3,5,7-9,20-21,26H,4,6,10-17H2,1H3/t20-,21-/m0/s1. The summed E-state index contributed by atoms with van der Waals surface area (Å²) < 4.78 is 5.80.